The van der Waals surface area contributed by atoms with E-state index in [0.29, 0.717) is 40.9 Å². The van der Waals surface area contributed by atoms with Crippen molar-refractivity contribution in [2.75, 3.05) is 27.4 Å². The molecule has 1 aliphatic rings. The van der Waals surface area contributed by atoms with E-state index in [9.17, 15) is 19.2 Å². The van der Waals surface area contributed by atoms with Crippen LogP contribution in [0.25, 0.3) is 11.1 Å². The van der Waals surface area contributed by atoms with Crippen molar-refractivity contribution in [3.05, 3.63) is 123 Å². The first-order valence-electron chi connectivity index (χ1n) is 17.4. The molecule has 0 radical (unpaired) electrons. The fraction of sp³-hybridized carbons (Fsp3) is 0.333. The Kier molecular flexibility index (Phi) is 15.8. The Balaban J connectivity index is 0.000000227. The summed E-state index contributed by atoms with van der Waals surface area (Å²) in [5.74, 6) is -1.38. The minimum absolute atomic E-state index is 0.300. The highest BCUT2D eigenvalue weighted by atomic mass is 79.9. The topological polar surface area (TPSA) is 124 Å². The van der Waals surface area contributed by atoms with Crippen molar-refractivity contribution in [1.29, 1.82) is 0 Å². The van der Waals surface area contributed by atoms with Gasteiger partial charge in [0, 0.05) is 4.47 Å². The summed E-state index contributed by atoms with van der Waals surface area (Å²) < 4.78 is 32.4. The summed E-state index contributed by atoms with van der Waals surface area (Å²) in [6.45, 7) is 16.0. The van der Waals surface area contributed by atoms with E-state index in [0.717, 1.165) is 26.7 Å². The SMILES string of the molecule is CCOC(=O)c1ccccc1-c1ccc(C(=O)OC)cc1C.CCOC(=O)c1ccccc1B1OC(C)(C)C(C)(C)O1.COC(=O)c1ccc(Br)c(C)c1. The highest BCUT2D eigenvalue weighted by molar-refractivity contribution is 9.10. The van der Waals surface area contributed by atoms with Crippen molar-refractivity contribution in [1.82, 2.24) is 0 Å². The molecule has 1 heterocycles. The first kappa shape index (κ1) is 43.6. The Morgan fingerprint density at radius 1 is 0.611 bits per heavy atom. The molecule has 1 fully saturated rings. The number of carbonyl (C=O) groups is 4. The first-order chi connectivity index (χ1) is 25.5. The summed E-state index contributed by atoms with van der Waals surface area (Å²) in [6.07, 6.45) is 0. The molecule has 4 aromatic rings. The third kappa shape index (κ3) is 10.9. The van der Waals surface area contributed by atoms with Gasteiger partial charge in [0.15, 0.2) is 0 Å². The predicted molar refractivity (Wildman–Crippen MR) is 212 cm³/mol. The molecule has 0 aliphatic carbocycles. The number of hydrogen-bond acceptors (Lipinski definition) is 10. The molecular weight excluding hydrogens is 755 g/mol. The van der Waals surface area contributed by atoms with Crippen LogP contribution in [-0.4, -0.2) is 69.6 Å². The van der Waals surface area contributed by atoms with Crippen LogP contribution in [0.3, 0.4) is 0 Å². The minimum Gasteiger partial charge on any atom is -0.465 e. The maximum Gasteiger partial charge on any atom is 0.495 e. The predicted octanol–water partition coefficient (Wildman–Crippen LogP) is 8.33. The lowest BCUT2D eigenvalue weighted by atomic mass is 9.76. The zero-order valence-electron chi connectivity index (χ0n) is 32.5. The average molecular weight is 804 g/mol. The number of carbonyl (C=O) groups excluding carboxylic acids is 4. The van der Waals surface area contributed by atoms with Crippen molar-refractivity contribution in [3.8, 4) is 11.1 Å². The Morgan fingerprint density at radius 3 is 1.57 bits per heavy atom. The van der Waals surface area contributed by atoms with Crippen LogP contribution in [0.4, 0.5) is 0 Å². The lowest BCUT2D eigenvalue weighted by molar-refractivity contribution is 0.00578. The molecule has 0 atom stereocenters. The van der Waals surface area contributed by atoms with Crippen molar-refractivity contribution < 1.29 is 47.4 Å². The molecule has 4 aromatic carbocycles. The fourth-order valence-corrected chi connectivity index (χ4v) is 5.52. The summed E-state index contributed by atoms with van der Waals surface area (Å²) >= 11 is 3.35. The Labute approximate surface area is 326 Å². The van der Waals surface area contributed by atoms with Gasteiger partial charge in [-0.05, 0) is 126 Å². The Bertz CT molecular complexity index is 1940. The molecule has 0 saturated carbocycles. The number of halogens is 1. The molecule has 286 valence electrons. The van der Waals surface area contributed by atoms with Gasteiger partial charge in [0.2, 0.25) is 0 Å². The quantitative estimate of drug-likeness (QED) is 0.0976. The van der Waals surface area contributed by atoms with Gasteiger partial charge in [-0.2, -0.15) is 0 Å². The van der Waals surface area contributed by atoms with Crippen LogP contribution < -0.4 is 5.46 Å². The summed E-state index contributed by atoms with van der Waals surface area (Å²) in [7, 11) is 2.17. The normalized spacial score (nSPS) is 13.6. The van der Waals surface area contributed by atoms with Crippen molar-refractivity contribution in [3.63, 3.8) is 0 Å². The number of rotatable bonds is 8. The summed E-state index contributed by atoms with van der Waals surface area (Å²) in [4.78, 5) is 46.7. The van der Waals surface area contributed by atoms with Gasteiger partial charge in [0.25, 0.3) is 0 Å². The summed E-state index contributed by atoms with van der Waals surface area (Å²) in [5.41, 5.74) is 5.51. The molecular formula is C42H48BBrO10. The molecule has 0 bridgehead atoms. The van der Waals surface area contributed by atoms with Crippen LogP contribution >= 0.6 is 15.9 Å². The summed E-state index contributed by atoms with van der Waals surface area (Å²) in [5, 5.41) is 0. The van der Waals surface area contributed by atoms with E-state index >= 15 is 0 Å². The van der Waals surface area contributed by atoms with Crippen LogP contribution in [0, 0.1) is 13.8 Å². The standard InChI is InChI=1S/C18H18O4.C15H21BO4.C9H9BrO2/c1-4-22-18(20)16-8-6-5-7-15(16)14-10-9-13(11-12(14)2)17(19)21-3;1-6-18-13(17)11-9-7-8-10-12(11)16-19-14(2,3)15(4,5)20-16;1-6-5-7(9(11)12-2)3-4-8(6)10/h5-11H,4H2,1-3H3;7-10H,6H2,1-5H3;3-5H,1-2H3. The number of hydrogen-bond donors (Lipinski definition) is 0. The zero-order valence-corrected chi connectivity index (χ0v) is 34.1. The summed E-state index contributed by atoms with van der Waals surface area (Å²) in [6, 6.07) is 25.1. The number of ether oxygens (including phenoxy) is 4. The van der Waals surface area contributed by atoms with Crippen LogP contribution in [0.15, 0.2) is 89.4 Å². The van der Waals surface area contributed by atoms with Gasteiger partial charge in [0.1, 0.15) is 0 Å². The first-order valence-corrected chi connectivity index (χ1v) is 18.2. The van der Waals surface area contributed by atoms with Gasteiger partial charge in [0.05, 0.1) is 60.9 Å². The molecule has 0 spiro atoms. The molecule has 10 nitrogen and oxygen atoms in total. The van der Waals surface area contributed by atoms with Gasteiger partial charge in [-0.3, -0.25) is 0 Å². The second kappa shape index (κ2) is 19.5. The molecule has 0 amide bonds. The van der Waals surface area contributed by atoms with Crippen molar-refractivity contribution in [2.24, 2.45) is 0 Å². The van der Waals surface area contributed by atoms with E-state index in [2.05, 4.69) is 20.7 Å². The van der Waals surface area contributed by atoms with Crippen LogP contribution in [-0.2, 0) is 28.3 Å². The highest BCUT2D eigenvalue weighted by Crippen LogP contribution is 2.36. The fourth-order valence-electron chi connectivity index (χ4n) is 5.27. The zero-order chi connectivity index (χ0) is 40.2. The van der Waals surface area contributed by atoms with Crippen LogP contribution in [0.5, 0.6) is 0 Å². The molecule has 0 aromatic heterocycles. The van der Waals surface area contributed by atoms with E-state index < -0.39 is 18.3 Å². The van der Waals surface area contributed by atoms with Crippen molar-refractivity contribution >= 4 is 52.4 Å². The van der Waals surface area contributed by atoms with Crippen molar-refractivity contribution in [2.45, 2.75) is 66.6 Å². The number of esters is 4. The van der Waals surface area contributed by atoms with Gasteiger partial charge < -0.3 is 28.3 Å². The third-order valence-electron chi connectivity index (χ3n) is 8.90. The lowest BCUT2D eigenvalue weighted by Gasteiger charge is -2.32. The lowest BCUT2D eigenvalue weighted by Crippen LogP contribution is -2.41. The molecule has 12 heteroatoms. The third-order valence-corrected chi connectivity index (χ3v) is 9.79. The molecule has 5 rings (SSSR count). The van der Waals surface area contributed by atoms with Crippen LogP contribution in [0.1, 0.15) is 94.1 Å². The van der Waals surface area contributed by atoms with Gasteiger partial charge in [-0.25, -0.2) is 19.2 Å². The van der Waals surface area contributed by atoms with E-state index in [1.807, 2.05) is 77.9 Å². The monoisotopic (exact) mass is 802 g/mol. The second-order valence-electron chi connectivity index (χ2n) is 13.1. The largest absolute Gasteiger partial charge is 0.495 e. The van der Waals surface area contributed by atoms with E-state index in [1.54, 1.807) is 62.4 Å². The average Bonchev–Trinajstić information content (AvgIpc) is 3.38. The van der Waals surface area contributed by atoms with E-state index in [-0.39, 0.29) is 23.9 Å². The Hall–Kier alpha value is -4.78. The minimum atomic E-state index is -0.555. The Morgan fingerprint density at radius 2 is 1.07 bits per heavy atom. The number of aryl methyl sites for hydroxylation is 2. The molecule has 0 unspecified atom stereocenters. The highest BCUT2D eigenvalue weighted by Gasteiger charge is 2.52. The second-order valence-corrected chi connectivity index (χ2v) is 14.0. The number of benzene rings is 4. The maximum atomic E-state index is 12.1. The van der Waals surface area contributed by atoms with E-state index in [1.165, 1.54) is 14.2 Å². The smallest absolute Gasteiger partial charge is 0.465 e. The van der Waals surface area contributed by atoms with Gasteiger partial charge in [-0.15, -0.1) is 0 Å². The molecule has 0 N–H and O–H groups in total. The maximum absolute atomic E-state index is 12.1. The van der Waals surface area contributed by atoms with Gasteiger partial charge in [-0.1, -0.05) is 58.4 Å². The van der Waals surface area contributed by atoms with E-state index in [4.69, 9.17) is 23.5 Å². The molecule has 1 saturated heterocycles. The van der Waals surface area contributed by atoms with Gasteiger partial charge >= 0.3 is 31.0 Å². The van der Waals surface area contributed by atoms with Crippen LogP contribution in [0.2, 0.25) is 0 Å². The number of methoxy groups -OCH3 is 2. The molecule has 54 heavy (non-hydrogen) atoms. The molecule has 1 aliphatic heterocycles.